The fourth-order valence-corrected chi connectivity index (χ4v) is 1.97. The average Bonchev–Trinajstić information content (AvgIpc) is 2.46. The highest BCUT2D eigenvalue weighted by atomic mass is 16.5. The van der Waals surface area contributed by atoms with Crippen LogP contribution in [-0.4, -0.2) is 17.1 Å². The summed E-state index contributed by atoms with van der Waals surface area (Å²) in [7, 11) is 0. The van der Waals surface area contributed by atoms with Gasteiger partial charge in [-0.05, 0) is 30.2 Å². The second kappa shape index (κ2) is 6.79. The summed E-state index contributed by atoms with van der Waals surface area (Å²) in [6.45, 7) is 3.74. The molecule has 0 aromatic heterocycles. The van der Waals surface area contributed by atoms with E-state index in [2.05, 4.69) is 5.32 Å². The third kappa shape index (κ3) is 3.99. The van der Waals surface area contributed by atoms with Crippen molar-refractivity contribution in [1.29, 1.82) is 0 Å². The van der Waals surface area contributed by atoms with Crippen molar-refractivity contribution in [1.82, 2.24) is 0 Å². The minimum Gasteiger partial charge on any atom is -0.480 e. The summed E-state index contributed by atoms with van der Waals surface area (Å²) in [5, 5.41) is 12.3. The maximum Gasteiger partial charge on any atom is 0.326 e. The number of carboxylic acids is 1. The third-order valence-electron chi connectivity index (χ3n) is 3.10. The molecule has 1 atom stereocenters. The second-order valence-corrected chi connectivity index (χ2v) is 5.12. The summed E-state index contributed by atoms with van der Waals surface area (Å²) in [5.41, 5.74) is 0.669. The first-order valence-corrected chi connectivity index (χ1v) is 6.89. The number of nitrogens with one attached hydrogen (secondary N) is 1. The summed E-state index contributed by atoms with van der Waals surface area (Å²) < 4.78 is 5.81. The molecule has 0 saturated heterocycles. The van der Waals surface area contributed by atoms with Crippen LogP contribution in [0.3, 0.4) is 0 Å². The van der Waals surface area contributed by atoms with Gasteiger partial charge in [0.25, 0.3) is 0 Å². The molecule has 110 valence electrons. The summed E-state index contributed by atoms with van der Waals surface area (Å²) in [6, 6.07) is 16.1. The smallest absolute Gasteiger partial charge is 0.326 e. The Labute approximate surface area is 124 Å². The molecular formula is C17H19NO3. The quantitative estimate of drug-likeness (QED) is 0.842. The fourth-order valence-electron chi connectivity index (χ4n) is 1.97. The Morgan fingerprint density at radius 2 is 1.67 bits per heavy atom. The fraction of sp³-hybridized carbons (Fsp3) is 0.235. The van der Waals surface area contributed by atoms with Crippen LogP contribution in [0.5, 0.6) is 11.5 Å². The molecule has 4 heteroatoms. The van der Waals surface area contributed by atoms with Crippen LogP contribution in [0.4, 0.5) is 5.69 Å². The van der Waals surface area contributed by atoms with Gasteiger partial charge in [0.1, 0.15) is 11.8 Å². The minimum atomic E-state index is -0.875. The first-order chi connectivity index (χ1) is 10.1. The van der Waals surface area contributed by atoms with Gasteiger partial charge in [0.05, 0.1) is 5.69 Å². The number of carbonyl (C=O) groups is 1. The van der Waals surface area contributed by atoms with Crippen molar-refractivity contribution >= 4 is 11.7 Å². The van der Waals surface area contributed by atoms with Gasteiger partial charge in [0.2, 0.25) is 0 Å². The van der Waals surface area contributed by atoms with Gasteiger partial charge in [-0.15, -0.1) is 0 Å². The zero-order valence-electron chi connectivity index (χ0n) is 12.1. The number of ether oxygens (including phenoxy) is 1. The molecule has 0 bridgehead atoms. The van der Waals surface area contributed by atoms with Crippen molar-refractivity contribution in [2.24, 2.45) is 5.92 Å². The van der Waals surface area contributed by atoms with E-state index in [4.69, 9.17) is 4.74 Å². The van der Waals surface area contributed by atoms with E-state index in [9.17, 15) is 9.90 Å². The molecule has 0 amide bonds. The molecule has 0 heterocycles. The van der Waals surface area contributed by atoms with Crippen molar-refractivity contribution in [3.63, 3.8) is 0 Å². The van der Waals surface area contributed by atoms with Crippen molar-refractivity contribution in [2.45, 2.75) is 19.9 Å². The van der Waals surface area contributed by atoms with E-state index in [1.54, 1.807) is 0 Å². The van der Waals surface area contributed by atoms with E-state index in [0.29, 0.717) is 17.2 Å². The molecule has 0 fully saturated rings. The molecule has 0 radical (unpaired) electrons. The molecule has 0 aliphatic carbocycles. The van der Waals surface area contributed by atoms with Crippen molar-refractivity contribution in [2.75, 3.05) is 5.32 Å². The first kappa shape index (κ1) is 14.9. The Bertz CT molecular complexity index is 596. The van der Waals surface area contributed by atoms with Crippen LogP contribution in [0, 0.1) is 5.92 Å². The molecule has 2 aromatic rings. The lowest BCUT2D eigenvalue weighted by Gasteiger charge is -2.21. The number of hydrogen-bond acceptors (Lipinski definition) is 3. The molecule has 0 aliphatic rings. The van der Waals surface area contributed by atoms with Crippen molar-refractivity contribution in [3.8, 4) is 11.5 Å². The van der Waals surface area contributed by atoms with Gasteiger partial charge < -0.3 is 15.2 Å². The molecular weight excluding hydrogens is 266 g/mol. The van der Waals surface area contributed by atoms with Crippen LogP contribution in [0.15, 0.2) is 54.6 Å². The average molecular weight is 285 g/mol. The number of benzene rings is 2. The molecule has 2 N–H and O–H groups in total. The number of rotatable bonds is 6. The van der Waals surface area contributed by atoms with E-state index in [1.807, 2.05) is 68.4 Å². The highest BCUT2D eigenvalue weighted by molar-refractivity contribution is 5.78. The molecule has 0 saturated carbocycles. The van der Waals surface area contributed by atoms with E-state index < -0.39 is 12.0 Å². The molecule has 1 unspecified atom stereocenters. The zero-order valence-corrected chi connectivity index (χ0v) is 12.1. The summed E-state index contributed by atoms with van der Waals surface area (Å²) >= 11 is 0. The highest BCUT2D eigenvalue weighted by Gasteiger charge is 2.22. The number of carboxylic acid groups (broad SMARTS) is 1. The largest absolute Gasteiger partial charge is 0.480 e. The van der Waals surface area contributed by atoms with Crippen LogP contribution >= 0.6 is 0 Å². The van der Waals surface area contributed by atoms with E-state index in [1.165, 1.54) is 0 Å². The number of hydrogen-bond donors (Lipinski definition) is 2. The molecule has 0 spiro atoms. The van der Waals surface area contributed by atoms with Gasteiger partial charge in [0, 0.05) is 0 Å². The maximum atomic E-state index is 11.3. The van der Waals surface area contributed by atoms with Crippen molar-refractivity contribution in [3.05, 3.63) is 54.6 Å². The van der Waals surface area contributed by atoms with E-state index in [-0.39, 0.29) is 5.92 Å². The molecule has 2 aromatic carbocycles. The summed E-state index contributed by atoms with van der Waals surface area (Å²) in [4.78, 5) is 11.3. The van der Waals surface area contributed by atoms with E-state index >= 15 is 0 Å². The standard InChI is InChI=1S/C17H19NO3/c1-12(2)16(17(19)20)18-14-10-6-7-11-15(14)21-13-8-4-3-5-9-13/h3-12,16,18H,1-2H3,(H,19,20). The van der Waals surface area contributed by atoms with Gasteiger partial charge in [-0.25, -0.2) is 4.79 Å². The number of para-hydroxylation sites is 3. The predicted molar refractivity (Wildman–Crippen MR) is 82.8 cm³/mol. The predicted octanol–water partition coefficient (Wildman–Crippen LogP) is 4.00. The van der Waals surface area contributed by atoms with Gasteiger partial charge in [-0.3, -0.25) is 0 Å². The topological polar surface area (TPSA) is 58.6 Å². The summed E-state index contributed by atoms with van der Waals surface area (Å²) in [5.74, 6) is 0.408. The molecule has 2 rings (SSSR count). The highest BCUT2D eigenvalue weighted by Crippen LogP contribution is 2.30. The Balaban J connectivity index is 2.22. The normalized spacial score (nSPS) is 12.0. The Morgan fingerprint density at radius 1 is 1.05 bits per heavy atom. The lowest BCUT2D eigenvalue weighted by atomic mass is 10.0. The van der Waals surface area contributed by atoms with Gasteiger partial charge in [-0.2, -0.15) is 0 Å². The third-order valence-corrected chi connectivity index (χ3v) is 3.10. The van der Waals surface area contributed by atoms with Gasteiger partial charge in [-0.1, -0.05) is 44.2 Å². The Morgan fingerprint density at radius 3 is 2.29 bits per heavy atom. The maximum absolute atomic E-state index is 11.3. The van der Waals surface area contributed by atoms with Crippen LogP contribution in [-0.2, 0) is 4.79 Å². The second-order valence-electron chi connectivity index (χ2n) is 5.12. The lowest BCUT2D eigenvalue weighted by molar-refractivity contribution is -0.138. The van der Waals surface area contributed by atoms with Crippen molar-refractivity contribution < 1.29 is 14.6 Å². The SMILES string of the molecule is CC(C)C(Nc1ccccc1Oc1ccccc1)C(=O)O. The number of anilines is 1. The molecule has 4 nitrogen and oxygen atoms in total. The number of aliphatic carboxylic acids is 1. The van der Waals surface area contributed by atoms with Crippen LogP contribution in [0.2, 0.25) is 0 Å². The lowest BCUT2D eigenvalue weighted by Crippen LogP contribution is -2.34. The van der Waals surface area contributed by atoms with Gasteiger partial charge in [0.15, 0.2) is 5.75 Å². The van der Waals surface area contributed by atoms with Crippen LogP contribution < -0.4 is 10.1 Å². The molecule has 21 heavy (non-hydrogen) atoms. The van der Waals surface area contributed by atoms with E-state index in [0.717, 1.165) is 0 Å². The monoisotopic (exact) mass is 285 g/mol. The Hall–Kier alpha value is -2.49. The zero-order chi connectivity index (χ0) is 15.2. The minimum absolute atomic E-state index is 0.0349. The first-order valence-electron chi connectivity index (χ1n) is 6.89. The Kier molecular flexibility index (Phi) is 4.82. The van der Waals surface area contributed by atoms with Crippen LogP contribution in [0.25, 0.3) is 0 Å². The molecule has 0 aliphatic heterocycles. The summed E-state index contributed by atoms with van der Waals surface area (Å²) in [6.07, 6.45) is 0. The van der Waals surface area contributed by atoms with Crippen LogP contribution in [0.1, 0.15) is 13.8 Å². The van der Waals surface area contributed by atoms with Gasteiger partial charge >= 0.3 is 5.97 Å².